The zero-order chi connectivity index (χ0) is 13.8. The smallest absolute Gasteiger partial charge is 0.214 e. The lowest BCUT2D eigenvalue weighted by molar-refractivity contribution is 0.142. The van der Waals surface area contributed by atoms with Crippen molar-refractivity contribution in [3.63, 3.8) is 0 Å². The van der Waals surface area contributed by atoms with E-state index in [1.165, 1.54) is 0 Å². The summed E-state index contributed by atoms with van der Waals surface area (Å²) in [4.78, 5) is 2.30. The van der Waals surface area contributed by atoms with Gasteiger partial charge in [0.1, 0.15) is 0 Å². The molecule has 0 amide bonds. The zero-order valence-corrected chi connectivity index (χ0v) is 13.0. The van der Waals surface area contributed by atoms with Crippen LogP contribution in [0.2, 0.25) is 0 Å². The number of likely N-dealkylation sites (tertiary alicyclic amines) is 1. The molecule has 0 aliphatic carbocycles. The molecule has 1 heterocycles. The molecule has 0 spiro atoms. The minimum absolute atomic E-state index is 0.183. The van der Waals surface area contributed by atoms with Crippen molar-refractivity contribution in [2.24, 2.45) is 0 Å². The van der Waals surface area contributed by atoms with Gasteiger partial charge in [0, 0.05) is 19.1 Å². The van der Waals surface area contributed by atoms with Gasteiger partial charge in [-0.15, -0.1) is 0 Å². The highest BCUT2D eigenvalue weighted by Gasteiger charge is 2.31. The zero-order valence-electron chi connectivity index (χ0n) is 12.2. The predicted octanol–water partition coefficient (Wildman–Crippen LogP) is 1.92. The normalized spacial score (nSPS) is 26.7. The lowest BCUT2D eigenvalue weighted by Gasteiger charge is -2.38. The summed E-state index contributed by atoms with van der Waals surface area (Å²) in [5.41, 5.74) is 0. The molecule has 0 radical (unpaired) electrons. The van der Waals surface area contributed by atoms with E-state index in [0.29, 0.717) is 11.8 Å². The maximum Gasteiger partial charge on any atom is 0.214 e. The topological polar surface area (TPSA) is 40.6 Å². The molecule has 0 bridgehead atoms. The summed E-state index contributed by atoms with van der Waals surface area (Å²) in [7, 11) is 0.803. The molecule has 0 N–H and O–H groups in total. The van der Waals surface area contributed by atoms with Gasteiger partial charge >= 0.3 is 0 Å². The third-order valence-corrected chi connectivity index (χ3v) is 6.12. The van der Waals surface area contributed by atoms with E-state index in [0.717, 1.165) is 38.6 Å². The molecule has 5 heteroatoms. The summed E-state index contributed by atoms with van der Waals surface area (Å²) in [6.07, 6.45) is 4.73. The molecule has 0 aromatic rings. The number of sulfonamides is 1. The van der Waals surface area contributed by atoms with Gasteiger partial charge in [-0.25, -0.2) is 12.7 Å². The van der Waals surface area contributed by atoms with Gasteiger partial charge in [0.2, 0.25) is 10.0 Å². The first-order chi connectivity index (χ1) is 8.38. The van der Waals surface area contributed by atoms with Crippen LogP contribution in [0.5, 0.6) is 0 Å². The first-order valence-electron chi connectivity index (χ1n) is 7.04. The average molecular weight is 276 g/mol. The van der Waals surface area contributed by atoms with Crippen molar-refractivity contribution in [1.82, 2.24) is 9.21 Å². The summed E-state index contributed by atoms with van der Waals surface area (Å²) in [5.74, 6) is 0.304. The Bertz CT molecular complexity index is 343. The number of unbranched alkanes of at least 4 members (excludes halogenated alkanes) is 2. The summed E-state index contributed by atoms with van der Waals surface area (Å²) < 4.78 is 26.0. The molecule has 1 aliphatic rings. The number of hydrogen-bond acceptors (Lipinski definition) is 3. The fourth-order valence-corrected chi connectivity index (χ4v) is 4.00. The Kier molecular flexibility index (Phi) is 6.08. The monoisotopic (exact) mass is 276 g/mol. The Hall–Kier alpha value is -0.130. The molecule has 0 unspecified atom stereocenters. The van der Waals surface area contributed by atoms with Crippen LogP contribution in [0.4, 0.5) is 0 Å². The van der Waals surface area contributed by atoms with Crippen molar-refractivity contribution >= 4 is 10.0 Å². The third-order valence-electron chi connectivity index (χ3n) is 4.14. The van der Waals surface area contributed by atoms with E-state index in [-0.39, 0.29) is 6.04 Å². The molecule has 0 saturated carbocycles. The first kappa shape index (κ1) is 15.9. The summed E-state index contributed by atoms with van der Waals surface area (Å²) in [6.45, 7) is 5.25. The number of nitrogens with zero attached hydrogens (tertiary/aromatic N) is 2. The van der Waals surface area contributed by atoms with Crippen molar-refractivity contribution < 1.29 is 8.42 Å². The van der Waals surface area contributed by atoms with E-state index in [1.807, 2.05) is 0 Å². The van der Waals surface area contributed by atoms with Crippen LogP contribution in [-0.4, -0.2) is 56.1 Å². The SMILES string of the molecule is CCCCCS(=O)(=O)N(C)[C@@H]1CCN(C)[C@H](C)C1. The van der Waals surface area contributed by atoms with E-state index in [9.17, 15) is 8.42 Å². The van der Waals surface area contributed by atoms with Crippen LogP contribution >= 0.6 is 0 Å². The van der Waals surface area contributed by atoms with Crippen LogP contribution in [-0.2, 0) is 10.0 Å². The van der Waals surface area contributed by atoms with E-state index in [1.54, 1.807) is 11.4 Å². The Labute approximate surface area is 112 Å². The average Bonchev–Trinajstić information content (AvgIpc) is 2.32. The van der Waals surface area contributed by atoms with Crippen molar-refractivity contribution in [3.8, 4) is 0 Å². The molecule has 108 valence electrons. The number of piperidine rings is 1. The lowest BCUT2D eigenvalue weighted by Crippen LogP contribution is -2.48. The quantitative estimate of drug-likeness (QED) is 0.696. The Balaban J connectivity index is 2.55. The minimum Gasteiger partial charge on any atom is -0.304 e. The second-order valence-electron chi connectivity index (χ2n) is 5.55. The first-order valence-corrected chi connectivity index (χ1v) is 8.65. The van der Waals surface area contributed by atoms with Crippen LogP contribution < -0.4 is 0 Å². The van der Waals surface area contributed by atoms with Crippen molar-refractivity contribution in [1.29, 1.82) is 0 Å². The molecule has 18 heavy (non-hydrogen) atoms. The molecule has 1 saturated heterocycles. The Morgan fingerprint density at radius 3 is 2.56 bits per heavy atom. The van der Waals surface area contributed by atoms with E-state index in [4.69, 9.17) is 0 Å². The molecular formula is C13H28N2O2S. The largest absolute Gasteiger partial charge is 0.304 e. The summed E-state index contributed by atoms with van der Waals surface area (Å²) in [5, 5.41) is 0. The van der Waals surface area contributed by atoms with Gasteiger partial charge in [0.05, 0.1) is 5.75 Å². The van der Waals surface area contributed by atoms with Gasteiger partial charge in [-0.3, -0.25) is 0 Å². The van der Waals surface area contributed by atoms with E-state index < -0.39 is 10.0 Å². The highest BCUT2D eigenvalue weighted by atomic mass is 32.2. The Morgan fingerprint density at radius 1 is 1.33 bits per heavy atom. The van der Waals surface area contributed by atoms with Gasteiger partial charge < -0.3 is 4.90 Å². The van der Waals surface area contributed by atoms with Crippen LogP contribution in [0.1, 0.15) is 46.0 Å². The summed E-state index contributed by atoms with van der Waals surface area (Å²) >= 11 is 0. The number of hydrogen-bond donors (Lipinski definition) is 0. The highest BCUT2D eigenvalue weighted by molar-refractivity contribution is 7.89. The maximum atomic E-state index is 12.2. The summed E-state index contributed by atoms with van der Waals surface area (Å²) in [6, 6.07) is 0.653. The van der Waals surface area contributed by atoms with Gasteiger partial charge in [0.15, 0.2) is 0 Å². The fourth-order valence-electron chi connectivity index (χ4n) is 2.50. The van der Waals surface area contributed by atoms with Crippen molar-refractivity contribution in [2.45, 2.75) is 58.0 Å². The van der Waals surface area contributed by atoms with Crippen molar-refractivity contribution in [3.05, 3.63) is 0 Å². The standard InChI is InChI=1S/C13H28N2O2S/c1-5-6-7-10-18(16,17)15(4)13-8-9-14(3)12(2)11-13/h12-13H,5-11H2,1-4H3/t12-,13-/m1/s1. The molecular weight excluding hydrogens is 248 g/mol. The molecule has 1 rings (SSSR count). The second-order valence-corrected chi connectivity index (χ2v) is 7.70. The Morgan fingerprint density at radius 2 is 2.00 bits per heavy atom. The number of rotatable bonds is 6. The van der Waals surface area contributed by atoms with E-state index in [2.05, 4.69) is 25.8 Å². The van der Waals surface area contributed by atoms with E-state index >= 15 is 0 Å². The van der Waals surface area contributed by atoms with Crippen LogP contribution in [0, 0.1) is 0 Å². The lowest BCUT2D eigenvalue weighted by atomic mass is 9.99. The molecule has 0 aromatic carbocycles. The maximum absolute atomic E-state index is 12.2. The van der Waals surface area contributed by atoms with Gasteiger partial charge in [0.25, 0.3) is 0 Å². The minimum atomic E-state index is -3.06. The van der Waals surface area contributed by atoms with Crippen LogP contribution in [0.25, 0.3) is 0 Å². The molecule has 1 fully saturated rings. The highest BCUT2D eigenvalue weighted by Crippen LogP contribution is 2.22. The van der Waals surface area contributed by atoms with Gasteiger partial charge in [-0.1, -0.05) is 19.8 Å². The molecule has 2 atom stereocenters. The molecule has 0 aromatic heterocycles. The molecule has 4 nitrogen and oxygen atoms in total. The van der Waals surface area contributed by atoms with Crippen LogP contribution in [0.15, 0.2) is 0 Å². The van der Waals surface area contributed by atoms with Crippen LogP contribution in [0.3, 0.4) is 0 Å². The molecule has 1 aliphatic heterocycles. The van der Waals surface area contributed by atoms with Gasteiger partial charge in [-0.05, 0) is 39.8 Å². The second kappa shape index (κ2) is 6.87. The fraction of sp³-hybridized carbons (Fsp3) is 1.00. The predicted molar refractivity (Wildman–Crippen MR) is 76.2 cm³/mol. The van der Waals surface area contributed by atoms with Gasteiger partial charge in [-0.2, -0.15) is 0 Å². The third kappa shape index (κ3) is 4.21. The van der Waals surface area contributed by atoms with Crippen molar-refractivity contribution in [2.75, 3.05) is 26.4 Å².